The highest BCUT2D eigenvalue weighted by molar-refractivity contribution is 7.64. The van der Waals surface area contributed by atoms with Crippen molar-refractivity contribution in [2.24, 2.45) is 0 Å². The van der Waals surface area contributed by atoms with Gasteiger partial charge in [-0.2, -0.15) is 0 Å². The third-order valence-corrected chi connectivity index (χ3v) is 4.38. The Labute approximate surface area is 55.5 Å². The molecule has 0 aromatic carbocycles. The average molecular weight is 142 g/mol. The van der Waals surface area contributed by atoms with Crippen LogP contribution in [0.25, 0.3) is 0 Å². The topological polar surface area (TPSA) is 17.1 Å². The van der Waals surface area contributed by atoms with Crippen LogP contribution in [-0.4, -0.2) is 19.0 Å². The van der Waals surface area contributed by atoms with Gasteiger partial charge < -0.3 is 4.57 Å². The lowest BCUT2D eigenvalue weighted by Crippen LogP contribution is -1.99. The van der Waals surface area contributed by atoms with Crippen LogP contribution in [-0.2, 0) is 4.57 Å². The molecule has 2 aliphatic rings. The van der Waals surface area contributed by atoms with Gasteiger partial charge in [0.1, 0.15) is 0 Å². The van der Waals surface area contributed by atoms with Crippen molar-refractivity contribution in [2.75, 3.05) is 19.0 Å². The Morgan fingerprint density at radius 1 is 1.22 bits per heavy atom. The number of allylic oxidation sites excluding steroid dienone is 2. The first-order chi connectivity index (χ1) is 4.17. The van der Waals surface area contributed by atoms with Crippen LogP contribution in [0, 0.1) is 0 Å². The summed E-state index contributed by atoms with van der Waals surface area (Å²) in [6.45, 7) is 1.94. The summed E-state index contributed by atoms with van der Waals surface area (Å²) in [5.74, 6) is 0. The molecule has 0 unspecified atom stereocenters. The van der Waals surface area contributed by atoms with Gasteiger partial charge in [-0.3, -0.25) is 0 Å². The molecule has 0 aromatic rings. The molecule has 2 heteroatoms. The van der Waals surface area contributed by atoms with E-state index in [9.17, 15) is 4.57 Å². The predicted molar refractivity (Wildman–Crippen MR) is 39.5 cm³/mol. The molecule has 0 aromatic heterocycles. The zero-order valence-corrected chi connectivity index (χ0v) is 6.58. The van der Waals surface area contributed by atoms with Crippen LogP contribution in [0.4, 0.5) is 0 Å². The van der Waals surface area contributed by atoms with Crippen molar-refractivity contribution < 1.29 is 4.57 Å². The van der Waals surface area contributed by atoms with Gasteiger partial charge in [0.25, 0.3) is 0 Å². The molecule has 0 amide bonds. The Hall–Kier alpha value is -0.0300. The molecular weight excluding hydrogens is 131 g/mol. The molecule has 0 N–H and O–H groups in total. The summed E-state index contributed by atoms with van der Waals surface area (Å²) in [5.41, 5.74) is 3.06. The minimum absolute atomic E-state index is 0.947. The maximum Gasteiger partial charge on any atom is 0.0925 e. The molecule has 50 valence electrons. The molecule has 0 saturated carbocycles. The van der Waals surface area contributed by atoms with Crippen molar-refractivity contribution in [2.45, 2.75) is 12.8 Å². The molecule has 0 bridgehead atoms. The summed E-state index contributed by atoms with van der Waals surface area (Å²) in [7, 11) is -1.67. The van der Waals surface area contributed by atoms with Gasteiger partial charge in [0.05, 0.1) is 7.14 Å². The van der Waals surface area contributed by atoms with E-state index in [1.165, 1.54) is 24.0 Å². The van der Waals surface area contributed by atoms with Gasteiger partial charge in [-0.1, -0.05) is 11.1 Å². The van der Waals surface area contributed by atoms with Crippen molar-refractivity contribution in [3.63, 3.8) is 0 Å². The van der Waals surface area contributed by atoms with Crippen molar-refractivity contribution >= 4 is 7.14 Å². The Morgan fingerprint density at radius 3 is 1.89 bits per heavy atom. The molecule has 1 heterocycles. The lowest BCUT2D eigenvalue weighted by Gasteiger charge is -2.13. The van der Waals surface area contributed by atoms with E-state index in [4.69, 9.17) is 0 Å². The van der Waals surface area contributed by atoms with Crippen LogP contribution in [0.5, 0.6) is 0 Å². The van der Waals surface area contributed by atoms with E-state index in [-0.39, 0.29) is 0 Å². The van der Waals surface area contributed by atoms with E-state index in [1.807, 2.05) is 6.66 Å². The predicted octanol–water partition coefficient (Wildman–Crippen LogP) is 2.08. The van der Waals surface area contributed by atoms with Crippen LogP contribution in [0.3, 0.4) is 0 Å². The molecule has 1 nitrogen and oxygen atoms in total. The van der Waals surface area contributed by atoms with Crippen LogP contribution in [0.15, 0.2) is 11.1 Å². The van der Waals surface area contributed by atoms with E-state index in [2.05, 4.69) is 0 Å². The first kappa shape index (κ1) is 5.73. The quantitative estimate of drug-likeness (QED) is 0.374. The smallest absolute Gasteiger partial charge is 0.0925 e. The van der Waals surface area contributed by atoms with E-state index in [0.717, 1.165) is 12.3 Å². The fraction of sp³-hybridized carbons (Fsp3) is 0.714. The molecule has 0 atom stereocenters. The van der Waals surface area contributed by atoms with Crippen molar-refractivity contribution in [3.8, 4) is 0 Å². The molecular formula is C7H11OP. The Morgan fingerprint density at radius 2 is 1.67 bits per heavy atom. The summed E-state index contributed by atoms with van der Waals surface area (Å²) >= 11 is 0. The minimum Gasteiger partial charge on any atom is -0.323 e. The normalized spacial score (nSPS) is 29.9. The minimum atomic E-state index is -1.67. The number of hydrogen-bond acceptors (Lipinski definition) is 1. The van der Waals surface area contributed by atoms with E-state index < -0.39 is 7.14 Å². The second-order valence-corrected chi connectivity index (χ2v) is 6.55. The maximum absolute atomic E-state index is 11.4. The highest BCUT2D eigenvalue weighted by Gasteiger charge is 2.33. The van der Waals surface area contributed by atoms with Crippen LogP contribution in [0.2, 0.25) is 0 Å². The molecule has 9 heavy (non-hydrogen) atoms. The zero-order valence-electron chi connectivity index (χ0n) is 5.68. The molecule has 0 spiro atoms. The lowest BCUT2D eigenvalue weighted by molar-refractivity contribution is 0.583. The highest BCUT2D eigenvalue weighted by atomic mass is 31.2. The average Bonchev–Trinajstić information content (AvgIpc) is 1.90. The van der Waals surface area contributed by atoms with Gasteiger partial charge in [0.2, 0.25) is 0 Å². The SMILES string of the molecule is CP1(=O)CC2=C(CC2)C1. The first-order valence-electron chi connectivity index (χ1n) is 3.43. The Bertz CT molecular complexity index is 207. The second-order valence-electron chi connectivity index (χ2n) is 3.32. The summed E-state index contributed by atoms with van der Waals surface area (Å²) in [4.78, 5) is 0. The van der Waals surface area contributed by atoms with Gasteiger partial charge >= 0.3 is 0 Å². The third kappa shape index (κ3) is 0.789. The van der Waals surface area contributed by atoms with Gasteiger partial charge in [0.15, 0.2) is 0 Å². The standard InChI is InChI=1S/C7H11OP/c1-9(8)4-6-2-3-7(6)5-9/h2-5H2,1H3. The van der Waals surface area contributed by atoms with Gasteiger partial charge in [-0.15, -0.1) is 0 Å². The first-order valence-corrected chi connectivity index (χ1v) is 5.95. The van der Waals surface area contributed by atoms with Crippen LogP contribution < -0.4 is 0 Å². The molecule has 2 rings (SSSR count). The summed E-state index contributed by atoms with van der Waals surface area (Å²) in [5, 5.41) is 0. The Balaban J connectivity index is 2.28. The fourth-order valence-corrected chi connectivity index (χ4v) is 4.21. The zero-order chi connectivity index (χ0) is 6.48. The fourth-order valence-electron chi connectivity index (χ4n) is 1.72. The largest absolute Gasteiger partial charge is 0.323 e. The van der Waals surface area contributed by atoms with Crippen LogP contribution >= 0.6 is 7.14 Å². The molecule has 0 saturated heterocycles. The van der Waals surface area contributed by atoms with Gasteiger partial charge in [-0.25, -0.2) is 0 Å². The van der Waals surface area contributed by atoms with Crippen LogP contribution in [0.1, 0.15) is 12.8 Å². The third-order valence-electron chi connectivity index (χ3n) is 2.28. The van der Waals surface area contributed by atoms with Crippen molar-refractivity contribution in [1.29, 1.82) is 0 Å². The van der Waals surface area contributed by atoms with Gasteiger partial charge in [-0.05, 0) is 19.5 Å². The van der Waals surface area contributed by atoms with E-state index in [1.54, 1.807) is 0 Å². The molecule has 1 aliphatic carbocycles. The summed E-state index contributed by atoms with van der Waals surface area (Å²) < 4.78 is 11.4. The lowest BCUT2D eigenvalue weighted by atomic mass is 9.92. The maximum atomic E-state index is 11.4. The second kappa shape index (κ2) is 1.52. The summed E-state index contributed by atoms with van der Waals surface area (Å²) in [6, 6.07) is 0. The van der Waals surface area contributed by atoms with E-state index >= 15 is 0 Å². The monoisotopic (exact) mass is 142 g/mol. The highest BCUT2D eigenvalue weighted by Crippen LogP contribution is 2.56. The van der Waals surface area contributed by atoms with E-state index in [0.29, 0.717) is 0 Å². The van der Waals surface area contributed by atoms with Gasteiger partial charge in [0, 0.05) is 12.3 Å². The number of rotatable bonds is 0. The Kier molecular flexibility index (Phi) is 0.967. The molecule has 0 fully saturated rings. The molecule has 0 radical (unpaired) electrons. The molecule has 1 aliphatic heterocycles. The van der Waals surface area contributed by atoms with Crippen molar-refractivity contribution in [1.82, 2.24) is 0 Å². The number of hydrogen-bond donors (Lipinski definition) is 0. The summed E-state index contributed by atoms with van der Waals surface area (Å²) in [6.07, 6.45) is 4.38. The van der Waals surface area contributed by atoms with Crippen molar-refractivity contribution in [3.05, 3.63) is 11.1 Å².